The second kappa shape index (κ2) is 27.6. The van der Waals surface area contributed by atoms with Gasteiger partial charge in [-0.2, -0.15) is 0 Å². The first-order valence-electron chi connectivity index (χ1n) is 19.1. The molecule has 0 aromatic rings. The van der Waals surface area contributed by atoms with Gasteiger partial charge in [-0.25, -0.2) is 0 Å². The molecule has 0 bridgehead atoms. The Labute approximate surface area is 269 Å². The van der Waals surface area contributed by atoms with Crippen molar-refractivity contribution in [2.24, 2.45) is 0 Å². The van der Waals surface area contributed by atoms with E-state index in [9.17, 15) is 0 Å². The molecule has 3 unspecified atom stereocenters. The van der Waals surface area contributed by atoms with Crippen LogP contribution in [0.2, 0.25) is 0 Å². The largest absolute Gasteiger partial charge is 0.131 e. The van der Waals surface area contributed by atoms with Crippen LogP contribution in [0.5, 0.6) is 0 Å². The Bertz CT molecular complexity index is 482. The van der Waals surface area contributed by atoms with Gasteiger partial charge in [0.1, 0.15) is 0 Å². The molecule has 3 heteroatoms. The van der Waals surface area contributed by atoms with Crippen LogP contribution >= 0.6 is 27.7 Å². The van der Waals surface area contributed by atoms with Crippen molar-refractivity contribution in [1.82, 2.24) is 0 Å². The summed E-state index contributed by atoms with van der Waals surface area (Å²) in [5.74, 6) is 0. The quantitative estimate of drug-likeness (QED) is 0.0512. The summed E-state index contributed by atoms with van der Waals surface area (Å²) in [5, 5.41) is 1.44. The fourth-order valence-electron chi connectivity index (χ4n) is 7.05. The van der Waals surface area contributed by atoms with Crippen molar-refractivity contribution in [2.75, 3.05) is 0 Å². The number of unbranched alkanes of at least 4 members (excludes halogenated alkanes) is 14. The molecule has 0 amide bonds. The van der Waals surface area contributed by atoms with Gasteiger partial charge in [0.25, 0.3) is 0 Å². The summed E-state index contributed by atoms with van der Waals surface area (Å²) in [6.45, 7) is 11.7. The Morgan fingerprint density at radius 1 is 0.244 bits per heavy atom. The average Bonchev–Trinajstić information content (AvgIpc) is 2.94. The molecule has 0 aromatic heterocycles. The lowest BCUT2D eigenvalue weighted by Crippen LogP contribution is -2.26. The van der Waals surface area contributed by atoms with Crippen molar-refractivity contribution < 1.29 is 0 Å². The highest BCUT2D eigenvalue weighted by atomic mass is 31.0. The highest BCUT2D eigenvalue weighted by Gasteiger charge is 2.30. The van der Waals surface area contributed by atoms with E-state index in [0.29, 0.717) is 15.5 Å². The van der Waals surface area contributed by atoms with Crippen LogP contribution < -0.4 is 0 Å². The van der Waals surface area contributed by atoms with E-state index in [1.165, 1.54) is 193 Å². The first-order valence-corrected chi connectivity index (χ1v) is 20.8. The van der Waals surface area contributed by atoms with E-state index in [2.05, 4.69) is 62.3 Å². The second-order valence-electron chi connectivity index (χ2n) is 14.5. The van der Waals surface area contributed by atoms with Crippen LogP contribution in [0.4, 0.5) is 0 Å². The van der Waals surface area contributed by atoms with Gasteiger partial charge >= 0.3 is 0 Å². The smallest absolute Gasteiger partial charge is 0.0150 e. The summed E-state index contributed by atoms with van der Waals surface area (Å²) in [4.78, 5) is 0. The molecule has 0 radical (unpaired) electrons. The molecule has 0 aliphatic heterocycles. The normalized spacial score (nSPS) is 12.9. The second-order valence-corrected chi connectivity index (χ2v) is 18.2. The van der Waals surface area contributed by atoms with Crippen LogP contribution in [-0.2, 0) is 0 Å². The summed E-state index contributed by atoms with van der Waals surface area (Å²) < 4.78 is 0. The number of hydrogen-bond acceptors (Lipinski definition) is 0. The fraction of sp³-hybridized carbons (Fsp3) is 1.00. The van der Waals surface area contributed by atoms with E-state index in [4.69, 9.17) is 0 Å². The van der Waals surface area contributed by atoms with E-state index in [-0.39, 0.29) is 0 Å². The molecule has 0 aromatic carbocycles. The van der Waals surface area contributed by atoms with Gasteiger partial charge in [-0.05, 0) is 73.3 Å². The van der Waals surface area contributed by atoms with Crippen molar-refractivity contribution in [2.45, 2.75) is 243 Å². The molecule has 3 atom stereocenters. The zero-order chi connectivity index (χ0) is 30.7. The Hall–Kier alpha value is 1.29. The molecule has 0 spiro atoms. The third-order valence-electron chi connectivity index (χ3n) is 10.1. The van der Waals surface area contributed by atoms with E-state index >= 15 is 0 Å². The molecule has 0 N–H and O–H groups in total. The summed E-state index contributed by atoms with van der Waals surface area (Å²) in [6, 6.07) is 0. The Morgan fingerprint density at radius 2 is 0.415 bits per heavy atom. The number of hydrogen-bond donors (Lipinski definition) is 0. The van der Waals surface area contributed by atoms with Crippen molar-refractivity contribution >= 4 is 27.7 Å². The summed E-state index contributed by atoms with van der Waals surface area (Å²) in [6.07, 6.45) is 42.3. The lowest BCUT2D eigenvalue weighted by atomic mass is 9.83. The molecule has 0 nitrogen and oxygen atoms in total. The van der Waals surface area contributed by atoms with Gasteiger partial charge in [0, 0.05) is 0 Å². The lowest BCUT2D eigenvalue weighted by molar-refractivity contribution is 0.354. The van der Waals surface area contributed by atoms with Crippen LogP contribution in [0.1, 0.15) is 227 Å². The highest BCUT2D eigenvalue weighted by Crippen LogP contribution is 2.43. The molecule has 248 valence electrons. The molecular formula is C38H81P3. The maximum absolute atomic E-state index is 3.46. The lowest BCUT2D eigenvalue weighted by Gasteiger charge is -2.35. The first kappa shape index (κ1) is 42.3. The molecule has 0 aliphatic rings. The van der Waals surface area contributed by atoms with Crippen LogP contribution in [0.3, 0.4) is 0 Å². The van der Waals surface area contributed by atoms with Gasteiger partial charge in [0.2, 0.25) is 0 Å². The molecule has 0 fully saturated rings. The van der Waals surface area contributed by atoms with Crippen molar-refractivity contribution in [3.05, 3.63) is 0 Å². The Morgan fingerprint density at radius 3 is 0.634 bits per heavy atom. The molecule has 0 rings (SSSR count). The van der Waals surface area contributed by atoms with Gasteiger partial charge in [-0.3, -0.25) is 0 Å². The van der Waals surface area contributed by atoms with Gasteiger partial charge in [0.05, 0.1) is 0 Å². The van der Waals surface area contributed by atoms with Crippen molar-refractivity contribution in [3.8, 4) is 0 Å². The fourth-order valence-corrected chi connectivity index (χ4v) is 8.89. The Balaban J connectivity index is 5.15. The molecular weight excluding hydrogens is 549 g/mol. The monoisotopic (exact) mass is 631 g/mol. The van der Waals surface area contributed by atoms with Crippen molar-refractivity contribution in [1.29, 1.82) is 0 Å². The van der Waals surface area contributed by atoms with E-state index in [1.807, 2.05) is 0 Å². The molecule has 0 aliphatic carbocycles. The average molecular weight is 631 g/mol. The third-order valence-corrected chi connectivity index (χ3v) is 12.7. The number of rotatable bonds is 32. The predicted molar refractivity (Wildman–Crippen MR) is 204 cm³/mol. The molecule has 0 saturated heterocycles. The summed E-state index contributed by atoms with van der Waals surface area (Å²) in [7, 11) is 10.3. The maximum atomic E-state index is 3.46. The van der Waals surface area contributed by atoms with Crippen LogP contribution in [0.15, 0.2) is 0 Å². The minimum Gasteiger partial charge on any atom is -0.131 e. The predicted octanol–water partition coefficient (Wildman–Crippen LogP) is 14.6. The summed E-state index contributed by atoms with van der Waals surface area (Å²) >= 11 is 0. The maximum Gasteiger partial charge on any atom is -0.0150 e. The van der Waals surface area contributed by atoms with Crippen LogP contribution in [0.25, 0.3) is 0 Å². The van der Waals surface area contributed by atoms with Gasteiger partial charge in [0.15, 0.2) is 0 Å². The van der Waals surface area contributed by atoms with Crippen molar-refractivity contribution in [3.63, 3.8) is 0 Å². The molecule has 0 saturated carbocycles. The zero-order valence-corrected chi connectivity index (χ0v) is 32.9. The summed E-state index contributed by atoms with van der Waals surface area (Å²) in [5.41, 5.74) is 0. The van der Waals surface area contributed by atoms with Crippen LogP contribution in [-0.4, -0.2) is 15.5 Å². The SMILES string of the molecule is CCCCCCC(P)(CCCCCC)CCCC(P)(CCCCC)CCCC(P)(CCCCCC)CCCCCC. The molecule has 0 heterocycles. The third kappa shape index (κ3) is 24.2. The minimum atomic E-state index is 0.459. The van der Waals surface area contributed by atoms with E-state index < -0.39 is 0 Å². The first-order chi connectivity index (χ1) is 19.7. The zero-order valence-electron chi connectivity index (χ0n) is 29.4. The van der Waals surface area contributed by atoms with Gasteiger partial charge < -0.3 is 0 Å². The minimum absolute atomic E-state index is 0.459. The van der Waals surface area contributed by atoms with Gasteiger partial charge in [-0.1, -0.05) is 169 Å². The van der Waals surface area contributed by atoms with E-state index in [1.54, 1.807) is 0 Å². The van der Waals surface area contributed by atoms with E-state index in [0.717, 1.165) is 0 Å². The standard InChI is InChI=1S/C38H81P3/c1-6-11-16-21-28-36(39,29-22-17-12-7-2)32-25-34-38(41,27-20-15-10-5)35-26-33-37(40,30-23-18-13-8-3)31-24-19-14-9-4/h6-35,39-41H2,1-5H3. The van der Waals surface area contributed by atoms with Gasteiger partial charge in [-0.15, -0.1) is 27.7 Å². The topological polar surface area (TPSA) is 0 Å². The Kier molecular flexibility index (Phi) is 28.5. The van der Waals surface area contributed by atoms with Crippen LogP contribution in [0, 0.1) is 0 Å². The molecule has 41 heavy (non-hydrogen) atoms. The highest BCUT2D eigenvalue weighted by molar-refractivity contribution is 7.19.